The second-order valence-corrected chi connectivity index (χ2v) is 8.01. The van der Waals surface area contributed by atoms with Gasteiger partial charge in [-0.3, -0.25) is 0 Å². The highest BCUT2D eigenvalue weighted by molar-refractivity contribution is 5.80. The highest BCUT2D eigenvalue weighted by Gasteiger charge is 2.27. The summed E-state index contributed by atoms with van der Waals surface area (Å²) in [5.41, 5.74) is 4.77. The van der Waals surface area contributed by atoms with Crippen LogP contribution in [0.2, 0.25) is 0 Å². The first-order valence-electron chi connectivity index (χ1n) is 10.6. The Kier molecular flexibility index (Phi) is 4.80. The van der Waals surface area contributed by atoms with Gasteiger partial charge in [0.05, 0.1) is 34.8 Å². The summed E-state index contributed by atoms with van der Waals surface area (Å²) in [6.45, 7) is 0. The summed E-state index contributed by atoms with van der Waals surface area (Å²) in [6, 6.07) is 16.2. The molecule has 2 aromatic carbocycles. The molecule has 1 aliphatic carbocycles. The van der Waals surface area contributed by atoms with Gasteiger partial charge in [0.2, 0.25) is 0 Å². The van der Waals surface area contributed by atoms with Gasteiger partial charge < -0.3 is 25.5 Å². The lowest BCUT2D eigenvalue weighted by molar-refractivity contribution is 0.183. The van der Waals surface area contributed by atoms with Crippen LogP contribution in [-0.4, -0.2) is 16.2 Å². The van der Waals surface area contributed by atoms with E-state index >= 15 is 0 Å². The maximum atomic E-state index is 10.5. The lowest BCUT2D eigenvalue weighted by atomic mass is 9.99. The molecule has 5 rings (SSSR count). The van der Waals surface area contributed by atoms with Crippen molar-refractivity contribution in [3.8, 4) is 11.6 Å². The Morgan fingerprint density at radius 2 is 1.55 bits per heavy atom. The maximum absolute atomic E-state index is 10.5. The molecule has 1 aliphatic heterocycles. The normalized spacial score (nSPS) is 19.1. The molecular formula is C24H27N3O2. The lowest BCUT2D eigenvalue weighted by Gasteiger charge is -2.21. The van der Waals surface area contributed by atoms with Crippen molar-refractivity contribution in [3.63, 3.8) is 0 Å². The van der Waals surface area contributed by atoms with Gasteiger partial charge >= 0.3 is 0 Å². The quantitative estimate of drug-likeness (QED) is 0.410. The van der Waals surface area contributed by atoms with E-state index in [2.05, 4.69) is 39.9 Å². The second-order valence-electron chi connectivity index (χ2n) is 8.01. The van der Waals surface area contributed by atoms with Gasteiger partial charge in [-0.15, -0.1) is 0 Å². The molecule has 0 bridgehead atoms. The molecule has 5 nitrogen and oxygen atoms in total. The number of para-hydroxylation sites is 2. The Morgan fingerprint density at radius 1 is 0.828 bits per heavy atom. The summed E-state index contributed by atoms with van der Waals surface area (Å²) in [7, 11) is 0. The fourth-order valence-electron chi connectivity index (χ4n) is 4.45. The van der Waals surface area contributed by atoms with Crippen LogP contribution in [0, 0.1) is 0 Å². The van der Waals surface area contributed by atoms with Crippen molar-refractivity contribution in [2.45, 2.75) is 50.7 Å². The van der Waals surface area contributed by atoms with E-state index in [1.165, 1.54) is 25.7 Å². The molecule has 4 N–H and O–H groups in total. The molecule has 1 aromatic heterocycles. The first kappa shape index (κ1) is 18.0. The molecule has 0 spiro atoms. The first-order chi connectivity index (χ1) is 14.3. The predicted octanol–water partition coefficient (Wildman–Crippen LogP) is 6.08. The van der Waals surface area contributed by atoms with Crippen molar-refractivity contribution >= 4 is 17.1 Å². The third kappa shape index (κ3) is 3.65. The van der Waals surface area contributed by atoms with Gasteiger partial charge in [-0.25, -0.2) is 0 Å². The van der Waals surface area contributed by atoms with E-state index in [-0.39, 0.29) is 11.9 Å². The number of anilines is 3. The number of benzene rings is 2. The van der Waals surface area contributed by atoms with Gasteiger partial charge in [0.25, 0.3) is 0 Å². The minimum absolute atomic E-state index is 0.167. The standard InChI is InChI=1S/C24H27N3O2/c28-24-22-21(15-25-24)26-19-9-5-6-10-20(19)27-23(22)16-11-13-18(14-12-16)29-17-7-3-1-2-4-8-17/h5-6,9-15,17,23,25-28H,1-4,7-8H2. The number of H-pyrrole nitrogens is 1. The summed E-state index contributed by atoms with van der Waals surface area (Å²) in [5.74, 6) is 1.10. The van der Waals surface area contributed by atoms with Gasteiger partial charge in [0.15, 0.2) is 5.88 Å². The molecule has 5 heteroatoms. The van der Waals surface area contributed by atoms with Crippen LogP contribution >= 0.6 is 0 Å². The van der Waals surface area contributed by atoms with Gasteiger partial charge in [-0.2, -0.15) is 0 Å². The molecule has 0 radical (unpaired) electrons. The van der Waals surface area contributed by atoms with Crippen LogP contribution in [0.5, 0.6) is 11.6 Å². The zero-order valence-electron chi connectivity index (χ0n) is 16.4. The minimum Gasteiger partial charge on any atom is -0.494 e. The molecule has 1 saturated carbocycles. The third-order valence-electron chi connectivity index (χ3n) is 6.00. The largest absolute Gasteiger partial charge is 0.494 e. The number of ether oxygens (including phenoxy) is 1. The van der Waals surface area contributed by atoms with E-state index in [9.17, 15) is 5.11 Å². The monoisotopic (exact) mass is 389 g/mol. The lowest BCUT2D eigenvalue weighted by Crippen LogP contribution is -2.15. The van der Waals surface area contributed by atoms with Crippen LogP contribution < -0.4 is 15.4 Å². The minimum atomic E-state index is -0.167. The number of aromatic amines is 1. The SMILES string of the molecule is Oc1[nH]cc2c1C(c1ccc(OC3CCCCCC3)cc1)Nc1ccccc1N2. The molecule has 150 valence electrons. The number of hydrogen-bond acceptors (Lipinski definition) is 4. The fraction of sp³-hybridized carbons (Fsp3) is 0.333. The summed E-state index contributed by atoms with van der Waals surface area (Å²) in [5, 5.41) is 17.5. The number of hydrogen-bond donors (Lipinski definition) is 4. The predicted molar refractivity (Wildman–Crippen MR) is 116 cm³/mol. The topological polar surface area (TPSA) is 69.3 Å². The van der Waals surface area contributed by atoms with Crippen molar-refractivity contribution in [3.05, 3.63) is 65.9 Å². The molecule has 2 heterocycles. The van der Waals surface area contributed by atoms with Crippen molar-refractivity contribution < 1.29 is 9.84 Å². The fourth-order valence-corrected chi connectivity index (χ4v) is 4.45. The van der Waals surface area contributed by atoms with Crippen LogP contribution in [0.1, 0.15) is 55.7 Å². The van der Waals surface area contributed by atoms with E-state index in [4.69, 9.17) is 4.74 Å². The van der Waals surface area contributed by atoms with Gasteiger partial charge in [0.1, 0.15) is 5.75 Å². The Bertz CT molecular complexity index is 972. The molecule has 29 heavy (non-hydrogen) atoms. The molecule has 1 atom stereocenters. The zero-order chi connectivity index (χ0) is 19.6. The summed E-state index contributed by atoms with van der Waals surface area (Å²) in [4.78, 5) is 2.94. The van der Waals surface area contributed by atoms with Crippen LogP contribution in [0.3, 0.4) is 0 Å². The number of rotatable bonds is 3. The third-order valence-corrected chi connectivity index (χ3v) is 6.00. The summed E-state index contributed by atoms with van der Waals surface area (Å²) in [6.07, 6.45) is 9.60. The van der Waals surface area contributed by atoms with E-state index in [1.807, 2.05) is 30.5 Å². The van der Waals surface area contributed by atoms with Crippen molar-refractivity contribution in [2.24, 2.45) is 0 Å². The van der Waals surface area contributed by atoms with Gasteiger partial charge in [-0.05, 0) is 55.5 Å². The Balaban J connectivity index is 1.42. The van der Waals surface area contributed by atoms with Crippen molar-refractivity contribution in [2.75, 3.05) is 10.6 Å². The smallest absolute Gasteiger partial charge is 0.196 e. The molecule has 1 fully saturated rings. The molecule has 0 amide bonds. The van der Waals surface area contributed by atoms with Crippen molar-refractivity contribution in [1.29, 1.82) is 0 Å². The number of aromatic hydroxyl groups is 1. The molecule has 2 aliphatic rings. The van der Waals surface area contributed by atoms with Crippen molar-refractivity contribution in [1.82, 2.24) is 4.98 Å². The average Bonchev–Trinajstić information content (AvgIpc) is 2.92. The van der Waals surface area contributed by atoms with Gasteiger partial charge in [0, 0.05) is 6.20 Å². The highest BCUT2D eigenvalue weighted by atomic mass is 16.5. The zero-order valence-corrected chi connectivity index (χ0v) is 16.4. The first-order valence-corrected chi connectivity index (χ1v) is 10.6. The second kappa shape index (κ2) is 7.74. The molecule has 1 unspecified atom stereocenters. The Labute approximate surface area is 171 Å². The average molecular weight is 389 g/mol. The van der Waals surface area contributed by atoms with Crippen LogP contribution in [0.25, 0.3) is 0 Å². The van der Waals surface area contributed by atoms with Gasteiger partial charge in [-0.1, -0.05) is 37.1 Å². The molecule has 0 saturated heterocycles. The van der Waals surface area contributed by atoms with Crippen LogP contribution in [0.15, 0.2) is 54.7 Å². The maximum Gasteiger partial charge on any atom is 0.196 e. The summed E-state index contributed by atoms with van der Waals surface area (Å²) >= 11 is 0. The number of nitrogens with one attached hydrogen (secondary N) is 3. The molecule has 3 aromatic rings. The van der Waals surface area contributed by atoms with E-state index < -0.39 is 0 Å². The van der Waals surface area contributed by atoms with Crippen LogP contribution in [-0.2, 0) is 0 Å². The Morgan fingerprint density at radius 3 is 2.31 bits per heavy atom. The Hall–Kier alpha value is -3.08. The number of aromatic nitrogens is 1. The molecular weight excluding hydrogens is 362 g/mol. The van der Waals surface area contributed by atoms with Crippen LogP contribution in [0.4, 0.5) is 17.1 Å². The summed E-state index contributed by atoms with van der Waals surface area (Å²) < 4.78 is 6.25. The van der Waals surface area contributed by atoms with E-state index in [0.29, 0.717) is 6.10 Å². The van der Waals surface area contributed by atoms with E-state index in [1.54, 1.807) is 0 Å². The number of fused-ring (bicyclic) bond motifs is 2. The van der Waals surface area contributed by atoms with E-state index in [0.717, 1.165) is 46.8 Å². The highest BCUT2D eigenvalue weighted by Crippen LogP contribution is 2.43.